The molecule has 18 heavy (non-hydrogen) atoms. The fourth-order valence-corrected chi connectivity index (χ4v) is 4.79. The molecule has 1 aliphatic rings. The molecule has 0 radical (unpaired) electrons. The molecule has 0 aliphatic carbocycles. The van der Waals surface area contributed by atoms with Gasteiger partial charge in [0, 0.05) is 17.5 Å². The van der Waals surface area contributed by atoms with E-state index in [1.165, 1.54) is 9.18 Å². The lowest BCUT2D eigenvalue weighted by Crippen LogP contribution is -2.39. The number of aliphatic carboxylic acids is 1. The molecule has 0 saturated carbocycles. The van der Waals surface area contributed by atoms with Gasteiger partial charge in [-0.3, -0.25) is 4.79 Å². The molecule has 1 aromatic rings. The molecule has 0 fully saturated rings. The monoisotopic (exact) mass is 289 g/mol. The fourth-order valence-electron chi connectivity index (χ4n) is 2.20. The Bertz CT molecular complexity index is 549. The first kappa shape index (κ1) is 13.5. The van der Waals surface area contributed by atoms with Gasteiger partial charge in [-0.25, -0.2) is 8.42 Å². The second-order valence-electron chi connectivity index (χ2n) is 4.30. The summed E-state index contributed by atoms with van der Waals surface area (Å²) in [4.78, 5) is 11.7. The number of rotatable bonds is 4. The summed E-state index contributed by atoms with van der Waals surface area (Å²) in [6.07, 6.45) is 0.367. The van der Waals surface area contributed by atoms with Crippen molar-refractivity contribution < 1.29 is 18.3 Å². The number of carbonyl (C=O) groups is 1. The van der Waals surface area contributed by atoms with E-state index in [4.69, 9.17) is 5.11 Å². The fraction of sp³-hybridized carbons (Fsp3) is 0.545. The Labute approximate surface area is 110 Å². The number of hydrogen-bond acceptors (Lipinski definition) is 4. The van der Waals surface area contributed by atoms with E-state index in [0.29, 0.717) is 13.0 Å². The van der Waals surface area contributed by atoms with Crippen LogP contribution in [0.5, 0.6) is 0 Å². The third kappa shape index (κ3) is 2.57. The number of hydrogen-bond donors (Lipinski definition) is 1. The van der Waals surface area contributed by atoms with Crippen molar-refractivity contribution in [1.82, 2.24) is 4.31 Å². The van der Waals surface area contributed by atoms with Crippen LogP contribution in [0.15, 0.2) is 11.4 Å². The first-order valence-corrected chi connectivity index (χ1v) is 8.18. The molecule has 0 spiro atoms. The minimum Gasteiger partial charge on any atom is -0.481 e. The van der Waals surface area contributed by atoms with Crippen LogP contribution in [0.3, 0.4) is 0 Å². The third-order valence-corrected chi connectivity index (χ3v) is 6.08. The Hall–Kier alpha value is -0.920. The van der Waals surface area contributed by atoms with E-state index in [-0.39, 0.29) is 18.2 Å². The van der Waals surface area contributed by atoms with Gasteiger partial charge in [0.15, 0.2) is 0 Å². The maximum atomic E-state index is 12.1. The molecular weight excluding hydrogens is 274 g/mol. The molecule has 0 saturated heterocycles. The molecule has 1 aromatic heterocycles. The van der Waals surface area contributed by atoms with Crippen LogP contribution in [-0.4, -0.2) is 36.1 Å². The number of fused-ring (bicyclic) bond motifs is 1. The van der Waals surface area contributed by atoms with Crippen molar-refractivity contribution in [3.8, 4) is 0 Å². The van der Waals surface area contributed by atoms with Crippen LogP contribution >= 0.6 is 11.3 Å². The van der Waals surface area contributed by atoms with Crippen molar-refractivity contribution in [2.45, 2.75) is 25.8 Å². The molecule has 1 unspecified atom stereocenters. The Morgan fingerprint density at radius 1 is 1.61 bits per heavy atom. The van der Waals surface area contributed by atoms with Crippen molar-refractivity contribution in [1.29, 1.82) is 0 Å². The largest absolute Gasteiger partial charge is 0.481 e. The maximum Gasteiger partial charge on any atom is 0.304 e. The zero-order chi connectivity index (χ0) is 13.3. The lowest BCUT2D eigenvalue weighted by molar-refractivity contribution is -0.136. The van der Waals surface area contributed by atoms with Gasteiger partial charge in [0.05, 0.1) is 12.2 Å². The van der Waals surface area contributed by atoms with Crippen LogP contribution in [-0.2, 0) is 21.2 Å². The summed E-state index contributed by atoms with van der Waals surface area (Å²) < 4.78 is 25.6. The molecule has 0 amide bonds. The van der Waals surface area contributed by atoms with E-state index in [0.717, 1.165) is 5.56 Å². The van der Waals surface area contributed by atoms with Gasteiger partial charge in [0.1, 0.15) is 0 Å². The Kier molecular flexibility index (Phi) is 3.74. The van der Waals surface area contributed by atoms with Gasteiger partial charge in [-0.2, -0.15) is 4.31 Å². The molecule has 1 aliphatic heterocycles. The van der Waals surface area contributed by atoms with Crippen molar-refractivity contribution in [3.05, 3.63) is 21.9 Å². The van der Waals surface area contributed by atoms with Crippen LogP contribution in [0.25, 0.3) is 0 Å². The van der Waals surface area contributed by atoms with E-state index in [9.17, 15) is 13.2 Å². The average Bonchev–Trinajstić information content (AvgIpc) is 2.75. The second-order valence-corrected chi connectivity index (χ2v) is 7.34. The Balaban J connectivity index is 2.18. The third-order valence-electron chi connectivity index (χ3n) is 3.15. The van der Waals surface area contributed by atoms with Crippen LogP contribution < -0.4 is 0 Å². The molecule has 100 valence electrons. The number of thiophene rings is 1. The van der Waals surface area contributed by atoms with E-state index < -0.39 is 16.0 Å². The predicted octanol–water partition coefficient (Wildman–Crippen LogP) is 1.47. The maximum absolute atomic E-state index is 12.1. The lowest BCUT2D eigenvalue weighted by atomic mass is 10.0. The van der Waals surface area contributed by atoms with Gasteiger partial charge in [0.2, 0.25) is 10.0 Å². The standard InChI is InChI=1S/C11H15NO4S2/c1-8-9-3-6-17-10(9)2-5-12(8)18(15,16)7-4-11(13)14/h3,6,8H,2,4-5,7H2,1H3,(H,13,14). The van der Waals surface area contributed by atoms with E-state index in [1.54, 1.807) is 11.3 Å². The summed E-state index contributed by atoms with van der Waals surface area (Å²) in [6.45, 7) is 2.29. The quantitative estimate of drug-likeness (QED) is 0.911. The van der Waals surface area contributed by atoms with E-state index in [1.807, 2.05) is 18.4 Å². The summed E-state index contributed by atoms with van der Waals surface area (Å²) in [5.74, 6) is -1.41. The number of nitrogens with zero attached hydrogens (tertiary/aromatic N) is 1. The van der Waals surface area contributed by atoms with Gasteiger partial charge >= 0.3 is 5.97 Å². The topological polar surface area (TPSA) is 74.7 Å². The first-order valence-electron chi connectivity index (χ1n) is 5.69. The van der Waals surface area contributed by atoms with Crippen LogP contribution in [0, 0.1) is 0 Å². The summed E-state index contributed by atoms with van der Waals surface area (Å²) in [7, 11) is -3.49. The number of carboxylic acid groups (broad SMARTS) is 1. The normalized spacial score (nSPS) is 20.6. The predicted molar refractivity (Wildman–Crippen MR) is 69.2 cm³/mol. The summed E-state index contributed by atoms with van der Waals surface area (Å²) in [6, 6.07) is 1.75. The van der Waals surface area contributed by atoms with Gasteiger partial charge in [-0.15, -0.1) is 11.3 Å². The van der Waals surface area contributed by atoms with Crippen LogP contribution in [0.2, 0.25) is 0 Å². The summed E-state index contributed by atoms with van der Waals surface area (Å²) in [5, 5.41) is 10.6. The average molecular weight is 289 g/mol. The molecular formula is C11H15NO4S2. The van der Waals surface area contributed by atoms with Gasteiger partial charge in [-0.1, -0.05) is 0 Å². The highest BCUT2D eigenvalue weighted by molar-refractivity contribution is 7.89. The lowest BCUT2D eigenvalue weighted by Gasteiger charge is -2.32. The van der Waals surface area contributed by atoms with Crippen LogP contribution in [0.1, 0.15) is 29.8 Å². The molecule has 0 bridgehead atoms. The van der Waals surface area contributed by atoms with Crippen LogP contribution in [0.4, 0.5) is 0 Å². The molecule has 0 aromatic carbocycles. The van der Waals surface area contributed by atoms with Crippen molar-refractivity contribution >= 4 is 27.3 Å². The number of sulfonamides is 1. The zero-order valence-electron chi connectivity index (χ0n) is 10.00. The van der Waals surface area contributed by atoms with E-state index >= 15 is 0 Å². The van der Waals surface area contributed by atoms with Gasteiger partial charge in [0.25, 0.3) is 0 Å². The first-order chi connectivity index (χ1) is 8.42. The molecule has 2 heterocycles. The molecule has 2 rings (SSSR count). The SMILES string of the molecule is CC1c2ccsc2CCN1S(=O)(=O)CCC(=O)O. The Morgan fingerprint density at radius 2 is 2.33 bits per heavy atom. The minimum atomic E-state index is -3.49. The second kappa shape index (κ2) is 4.99. The van der Waals surface area contributed by atoms with Gasteiger partial charge < -0.3 is 5.11 Å². The molecule has 1 N–H and O–H groups in total. The highest BCUT2D eigenvalue weighted by Gasteiger charge is 2.33. The molecule has 5 nitrogen and oxygen atoms in total. The minimum absolute atomic E-state index is 0.196. The van der Waals surface area contributed by atoms with Crippen molar-refractivity contribution in [2.75, 3.05) is 12.3 Å². The van der Waals surface area contributed by atoms with E-state index in [2.05, 4.69) is 0 Å². The summed E-state index contributed by atoms with van der Waals surface area (Å²) in [5.41, 5.74) is 1.05. The number of carboxylic acids is 1. The molecule has 1 atom stereocenters. The smallest absolute Gasteiger partial charge is 0.304 e. The summed E-state index contributed by atoms with van der Waals surface area (Å²) >= 11 is 1.64. The highest BCUT2D eigenvalue weighted by atomic mass is 32.2. The van der Waals surface area contributed by atoms with Crippen molar-refractivity contribution in [3.63, 3.8) is 0 Å². The Morgan fingerprint density at radius 3 is 3.00 bits per heavy atom. The van der Waals surface area contributed by atoms with Crippen molar-refractivity contribution in [2.24, 2.45) is 0 Å². The zero-order valence-corrected chi connectivity index (χ0v) is 11.6. The molecule has 7 heteroatoms. The van der Waals surface area contributed by atoms with Gasteiger partial charge in [-0.05, 0) is 30.4 Å². The highest BCUT2D eigenvalue weighted by Crippen LogP contribution is 2.34.